The van der Waals surface area contributed by atoms with Gasteiger partial charge < -0.3 is 5.11 Å². The fourth-order valence-corrected chi connectivity index (χ4v) is 4.40. The second-order valence-corrected chi connectivity index (χ2v) is 7.43. The predicted octanol–water partition coefficient (Wildman–Crippen LogP) is 2.12. The zero-order valence-electron chi connectivity index (χ0n) is 11.7. The summed E-state index contributed by atoms with van der Waals surface area (Å²) in [6, 6.07) is 4.65. The molecule has 1 N–H and O–H groups in total. The molecule has 0 unspecified atom stereocenters. The van der Waals surface area contributed by atoms with E-state index in [1.165, 1.54) is 10.4 Å². The molecule has 110 valence electrons. The first-order valence-electron chi connectivity index (χ1n) is 6.68. The maximum absolute atomic E-state index is 12.4. The summed E-state index contributed by atoms with van der Waals surface area (Å²) >= 11 is 0. The van der Waals surface area contributed by atoms with Crippen LogP contribution in [0.1, 0.15) is 36.2 Å². The first-order valence-corrected chi connectivity index (χ1v) is 8.29. The molecule has 6 heteroatoms. The summed E-state index contributed by atoms with van der Waals surface area (Å²) in [6.07, 6.45) is 1.43. The van der Waals surface area contributed by atoms with Crippen molar-refractivity contribution in [3.8, 4) is 0 Å². The van der Waals surface area contributed by atoms with Crippen LogP contribution in [-0.2, 0) is 16.4 Å². The third kappa shape index (κ3) is 2.95. The molecule has 0 spiro atoms. The van der Waals surface area contributed by atoms with E-state index >= 15 is 0 Å². The van der Waals surface area contributed by atoms with Gasteiger partial charge in [-0.25, -0.2) is 13.2 Å². The molecular weight excluding hydrogens is 278 g/mol. The monoisotopic (exact) mass is 297 g/mol. The molecule has 1 aliphatic rings. The highest BCUT2D eigenvalue weighted by Gasteiger charge is 2.28. The molecule has 0 amide bonds. The van der Waals surface area contributed by atoms with Gasteiger partial charge in [0.2, 0.25) is 10.0 Å². The van der Waals surface area contributed by atoms with E-state index in [0.717, 1.165) is 5.56 Å². The second kappa shape index (κ2) is 5.44. The van der Waals surface area contributed by atoms with Crippen LogP contribution in [0.5, 0.6) is 0 Å². The van der Waals surface area contributed by atoms with Crippen molar-refractivity contribution in [3.05, 3.63) is 29.3 Å². The highest BCUT2D eigenvalue weighted by molar-refractivity contribution is 7.92. The van der Waals surface area contributed by atoms with E-state index in [0.29, 0.717) is 25.1 Å². The molecule has 1 aromatic carbocycles. The lowest BCUT2D eigenvalue weighted by atomic mass is 10.0. The standard InChI is InChI=1S/C14H19NO4S/c1-10(2)9-20(18,19)15-7-3-4-11-8-12(14(16)17)5-6-13(11)15/h5-6,8,10H,3-4,7,9H2,1-2H3,(H,16,17). The third-order valence-electron chi connectivity index (χ3n) is 3.28. The van der Waals surface area contributed by atoms with Gasteiger partial charge in [-0.15, -0.1) is 0 Å². The van der Waals surface area contributed by atoms with E-state index in [-0.39, 0.29) is 17.2 Å². The van der Waals surface area contributed by atoms with Crippen LogP contribution in [-0.4, -0.2) is 31.8 Å². The van der Waals surface area contributed by atoms with Gasteiger partial charge in [-0.3, -0.25) is 4.31 Å². The van der Waals surface area contributed by atoms with Crippen LogP contribution in [0.15, 0.2) is 18.2 Å². The Morgan fingerprint density at radius 1 is 1.40 bits per heavy atom. The molecule has 0 bridgehead atoms. The molecule has 1 aliphatic heterocycles. The van der Waals surface area contributed by atoms with Crippen LogP contribution in [0.4, 0.5) is 5.69 Å². The molecule has 1 heterocycles. The average molecular weight is 297 g/mol. The summed E-state index contributed by atoms with van der Waals surface area (Å²) in [6.45, 7) is 4.21. The minimum Gasteiger partial charge on any atom is -0.478 e. The molecule has 0 aromatic heterocycles. The largest absolute Gasteiger partial charge is 0.478 e. The lowest BCUT2D eigenvalue weighted by molar-refractivity contribution is 0.0697. The number of aryl methyl sites for hydroxylation is 1. The first-order chi connectivity index (χ1) is 9.31. The maximum atomic E-state index is 12.4. The van der Waals surface area contributed by atoms with E-state index in [9.17, 15) is 13.2 Å². The van der Waals surface area contributed by atoms with Gasteiger partial charge in [0.05, 0.1) is 17.0 Å². The molecule has 0 fully saturated rings. The lowest BCUT2D eigenvalue weighted by Gasteiger charge is -2.31. The Morgan fingerprint density at radius 3 is 2.70 bits per heavy atom. The predicted molar refractivity (Wildman–Crippen MR) is 77.7 cm³/mol. The molecule has 0 aliphatic carbocycles. The Hall–Kier alpha value is -1.56. The van der Waals surface area contributed by atoms with E-state index in [2.05, 4.69) is 0 Å². The zero-order valence-corrected chi connectivity index (χ0v) is 12.5. The van der Waals surface area contributed by atoms with Gasteiger partial charge in [-0.05, 0) is 42.5 Å². The van der Waals surface area contributed by atoms with E-state index in [1.54, 1.807) is 12.1 Å². The van der Waals surface area contributed by atoms with Gasteiger partial charge in [0, 0.05) is 6.54 Å². The quantitative estimate of drug-likeness (QED) is 0.923. The number of anilines is 1. The number of carboxylic acid groups (broad SMARTS) is 1. The van der Waals surface area contributed by atoms with Crippen molar-refractivity contribution in [2.75, 3.05) is 16.6 Å². The minimum atomic E-state index is -3.34. The highest BCUT2D eigenvalue weighted by atomic mass is 32.2. The summed E-state index contributed by atoms with van der Waals surface area (Å²) in [7, 11) is -3.34. The summed E-state index contributed by atoms with van der Waals surface area (Å²) in [5.74, 6) is -0.828. The molecule has 0 atom stereocenters. The molecule has 0 radical (unpaired) electrons. The number of carboxylic acids is 1. The smallest absolute Gasteiger partial charge is 0.335 e. The van der Waals surface area contributed by atoms with Gasteiger partial charge in [0.15, 0.2) is 0 Å². The molecule has 0 saturated heterocycles. The molecule has 1 aromatic rings. The van der Waals surface area contributed by atoms with Crippen molar-refractivity contribution in [3.63, 3.8) is 0 Å². The summed E-state index contributed by atoms with van der Waals surface area (Å²) in [5.41, 5.74) is 1.62. The van der Waals surface area contributed by atoms with Crippen molar-refractivity contribution in [1.82, 2.24) is 0 Å². The van der Waals surface area contributed by atoms with Gasteiger partial charge in [-0.1, -0.05) is 13.8 Å². The van der Waals surface area contributed by atoms with Gasteiger partial charge in [0.1, 0.15) is 0 Å². The number of hydrogen-bond donors (Lipinski definition) is 1. The van der Waals surface area contributed by atoms with E-state index < -0.39 is 16.0 Å². The fraction of sp³-hybridized carbons (Fsp3) is 0.500. The minimum absolute atomic E-state index is 0.0590. The lowest BCUT2D eigenvalue weighted by Crippen LogP contribution is -2.38. The number of benzene rings is 1. The third-order valence-corrected chi connectivity index (χ3v) is 5.42. The molecule has 0 saturated carbocycles. The first kappa shape index (κ1) is 14.8. The van der Waals surface area contributed by atoms with Crippen LogP contribution < -0.4 is 4.31 Å². The number of aromatic carboxylic acids is 1. The van der Waals surface area contributed by atoms with E-state index in [1.807, 2.05) is 13.8 Å². The fourth-order valence-electron chi connectivity index (χ4n) is 2.50. The van der Waals surface area contributed by atoms with Crippen molar-refractivity contribution >= 4 is 21.7 Å². The average Bonchev–Trinajstić information content (AvgIpc) is 2.35. The van der Waals surface area contributed by atoms with Crippen LogP contribution in [0, 0.1) is 5.92 Å². The number of sulfonamides is 1. The van der Waals surface area contributed by atoms with Crippen molar-refractivity contribution in [1.29, 1.82) is 0 Å². The number of hydrogen-bond acceptors (Lipinski definition) is 3. The molecule has 2 rings (SSSR count). The Morgan fingerprint density at radius 2 is 2.10 bits per heavy atom. The number of nitrogens with zero attached hydrogens (tertiary/aromatic N) is 1. The van der Waals surface area contributed by atoms with Gasteiger partial charge >= 0.3 is 5.97 Å². The molecular formula is C14H19NO4S. The summed E-state index contributed by atoms with van der Waals surface area (Å²) in [4.78, 5) is 11.0. The van der Waals surface area contributed by atoms with Gasteiger partial charge in [0.25, 0.3) is 0 Å². The van der Waals surface area contributed by atoms with Crippen LogP contribution >= 0.6 is 0 Å². The maximum Gasteiger partial charge on any atom is 0.335 e. The number of rotatable bonds is 4. The van der Waals surface area contributed by atoms with Crippen molar-refractivity contribution in [2.45, 2.75) is 26.7 Å². The highest BCUT2D eigenvalue weighted by Crippen LogP contribution is 2.30. The number of fused-ring (bicyclic) bond motifs is 1. The Balaban J connectivity index is 2.41. The van der Waals surface area contributed by atoms with E-state index in [4.69, 9.17) is 5.11 Å². The second-order valence-electron chi connectivity index (χ2n) is 5.50. The van der Waals surface area contributed by atoms with Crippen molar-refractivity contribution < 1.29 is 18.3 Å². The zero-order chi connectivity index (χ0) is 14.9. The topological polar surface area (TPSA) is 74.7 Å². The summed E-state index contributed by atoms with van der Waals surface area (Å²) in [5, 5.41) is 9.00. The molecule has 5 nitrogen and oxygen atoms in total. The Labute approximate surface area is 119 Å². The Bertz CT molecular complexity index is 622. The number of carbonyl (C=O) groups is 1. The van der Waals surface area contributed by atoms with Crippen LogP contribution in [0.2, 0.25) is 0 Å². The summed E-state index contributed by atoms with van der Waals surface area (Å²) < 4.78 is 26.2. The van der Waals surface area contributed by atoms with Crippen LogP contribution in [0.25, 0.3) is 0 Å². The SMILES string of the molecule is CC(C)CS(=O)(=O)N1CCCc2cc(C(=O)O)ccc21. The molecule has 20 heavy (non-hydrogen) atoms. The normalized spacial score (nSPS) is 15.2. The Kier molecular flexibility index (Phi) is 4.04. The van der Waals surface area contributed by atoms with Crippen LogP contribution in [0.3, 0.4) is 0 Å². The van der Waals surface area contributed by atoms with Crippen molar-refractivity contribution in [2.24, 2.45) is 5.92 Å². The van der Waals surface area contributed by atoms with Gasteiger partial charge in [-0.2, -0.15) is 0 Å².